The number of nitrogens with zero attached hydrogens (tertiary/aromatic N) is 1. The number of carbonyl (C=O) groups excluding carboxylic acids is 2. The van der Waals surface area contributed by atoms with Crippen LogP contribution in [0.15, 0.2) is 33.4 Å². The molecule has 29 heavy (non-hydrogen) atoms. The standard InChI is InChI=1S/C19H27N3O5S2/c23-18(20-10-9-15-6-2-1-3-7-15)19(24)21-14-16-22(11-5-12-27-16)29(25,26)17-8-4-13-28-17/h4,6,8,13,16H,1-3,5,7,9-12,14H2,(H,20,23)(H,21,24)/t16-/m0/s1. The van der Waals surface area contributed by atoms with Gasteiger partial charge in [0.05, 0.1) is 13.2 Å². The summed E-state index contributed by atoms with van der Waals surface area (Å²) < 4.78 is 32.6. The number of amides is 2. The average Bonchev–Trinajstić information content (AvgIpc) is 3.29. The number of carbonyl (C=O) groups is 2. The van der Waals surface area contributed by atoms with E-state index < -0.39 is 28.1 Å². The summed E-state index contributed by atoms with van der Waals surface area (Å²) in [5.41, 5.74) is 1.32. The van der Waals surface area contributed by atoms with Gasteiger partial charge >= 0.3 is 11.8 Å². The first-order valence-corrected chi connectivity index (χ1v) is 12.2. The summed E-state index contributed by atoms with van der Waals surface area (Å²) in [5, 5.41) is 6.81. The molecule has 1 fully saturated rings. The molecular weight excluding hydrogens is 414 g/mol. The van der Waals surface area contributed by atoms with Crippen molar-refractivity contribution in [1.29, 1.82) is 0 Å². The molecule has 2 aliphatic rings. The molecule has 3 rings (SSSR count). The average molecular weight is 442 g/mol. The van der Waals surface area contributed by atoms with E-state index in [0.717, 1.165) is 30.6 Å². The van der Waals surface area contributed by atoms with Gasteiger partial charge in [0.2, 0.25) is 0 Å². The number of hydrogen-bond donors (Lipinski definition) is 2. The van der Waals surface area contributed by atoms with Crippen LogP contribution in [-0.2, 0) is 24.3 Å². The van der Waals surface area contributed by atoms with Crippen LogP contribution in [0.5, 0.6) is 0 Å². The minimum Gasteiger partial charge on any atom is -0.360 e. The van der Waals surface area contributed by atoms with E-state index in [1.54, 1.807) is 17.5 Å². The Bertz CT molecular complexity index is 836. The smallest absolute Gasteiger partial charge is 0.309 e. The summed E-state index contributed by atoms with van der Waals surface area (Å²) in [6, 6.07) is 3.21. The predicted molar refractivity (Wildman–Crippen MR) is 110 cm³/mol. The van der Waals surface area contributed by atoms with Crippen LogP contribution >= 0.6 is 11.3 Å². The van der Waals surface area contributed by atoms with E-state index in [-0.39, 0.29) is 10.8 Å². The molecule has 1 aromatic heterocycles. The zero-order chi connectivity index (χ0) is 20.7. The van der Waals surface area contributed by atoms with Crippen molar-refractivity contribution in [2.45, 2.75) is 49.0 Å². The predicted octanol–water partition coefficient (Wildman–Crippen LogP) is 1.61. The zero-order valence-electron chi connectivity index (χ0n) is 16.3. The maximum atomic E-state index is 12.8. The number of sulfonamides is 1. The van der Waals surface area contributed by atoms with Crippen LogP contribution in [0.25, 0.3) is 0 Å². The second-order valence-corrected chi connectivity index (χ2v) is 10.1. The van der Waals surface area contributed by atoms with Crippen molar-refractivity contribution >= 4 is 33.2 Å². The molecule has 2 heterocycles. The van der Waals surface area contributed by atoms with Gasteiger partial charge in [-0.15, -0.1) is 11.3 Å². The van der Waals surface area contributed by atoms with Crippen LogP contribution in [0.3, 0.4) is 0 Å². The van der Waals surface area contributed by atoms with Crippen LogP contribution < -0.4 is 10.6 Å². The van der Waals surface area contributed by atoms with Crippen LogP contribution in [0.1, 0.15) is 38.5 Å². The number of nitrogens with one attached hydrogen (secondary N) is 2. The van der Waals surface area contributed by atoms with Crippen LogP contribution in [0.2, 0.25) is 0 Å². The molecule has 1 aliphatic heterocycles. The lowest BCUT2D eigenvalue weighted by Crippen LogP contribution is -2.53. The maximum Gasteiger partial charge on any atom is 0.309 e. The Balaban J connectivity index is 1.48. The van der Waals surface area contributed by atoms with Crippen molar-refractivity contribution in [3.05, 3.63) is 29.2 Å². The van der Waals surface area contributed by atoms with Gasteiger partial charge in [-0.3, -0.25) is 9.59 Å². The normalized spacial score (nSPS) is 20.7. The first-order chi connectivity index (χ1) is 14.0. The molecule has 160 valence electrons. The van der Waals surface area contributed by atoms with E-state index in [9.17, 15) is 18.0 Å². The summed E-state index contributed by atoms with van der Waals surface area (Å²) in [6.45, 7) is 1.04. The Morgan fingerprint density at radius 1 is 1.21 bits per heavy atom. The van der Waals surface area contributed by atoms with Crippen molar-refractivity contribution in [1.82, 2.24) is 14.9 Å². The fourth-order valence-electron chi connectivity index (χ4n) is 3.44. The van der Waals surface area contributed by atoms with E-state index in [2.05, 4.69) is 16.7 Å². The lowest BCUT2D eigenvalue weighted by Gasteiger charge is -2.34. The molecule has 8 nitrogen and oxygen atoms in total. The van der Waals surface area contributed by atoms with Gasteiger partial charge in [-0.2, -0.15) is 4.31 Å². The second-order valence-electron chi connectivity index (χ2n) is 7.05. The summed E-state index contributed by atoms with van der Waals surface area (Å²) >= 11 is 1.13. The molecule has 10 heteroatoms. The van der Waals surface area contributed by atoms with Gasteiger partial charge in [0.25, 0.3) is 10.0 Å². The fourth-order valence-corrected chi connectivity index (χ4v) is 6.12. The highest BCUT2D eigenvalue weighted by molar-refractivity contribution is 7.91. The van der Waals surface area contributed by atoms with E-state index in [1.165, 1.54) is 22.7 Å². The van der Waals surface area contributed by atoms with Gasteiger partial charge in [-0.05, 0) is 50.0 Å². The monoisotopic (exact) mass is 441 g/mol. The van der Waals surface area contributed by atoms with Gasteiger partial charge < -0.3 is 15.4 Å². The molecule has 2 amide bonds. The van der Waals surface area contributed by atoms with Crippen molar-refractivity contribution in [2.75, 3.05) is 26.2 Å². The van der Waals surface area contributed by atoms with Crippen LogP contribution in [-0.4, -0.2) is 57.0 Å². The Labute approximate surface area is 175 Å². The van der Waals surface area contributed by atoms with Crippen molar-refractivity contribution in [2.24, 2.45) is 0 Å². The number of hydrogen-bond acceptors (Lipinski definition) is 6. The molecule has 2 N–H and O–H groups in total. The molecule has 0 unspecified atom stereocenters. The van der Waals surface area contributed by atoms with Crippen molar-refractivity contribution < 1.29 is 22.7 Å². The minimum atomic E-state index is -3.69. The Kier molecular flexibility index (Phi) is 7.82. The minimum absolute atomic E-state index is 0.0813. The molecule has 1 aromatic rings. The molecule has 0 spiro atoms. The second kappa shape index (κ2) is 10.3. The maximum absolute atomic E-state index is 12.8. The molecule has 0 bridgehead atoms. The lowest BCUT2D eigenvalue weighted by atomic mass is 9.97. The first kappa shape index (κ1) is 21.9. The topological polar surface area (TPSA) is 105 Å². The van der Waals surface area contributed by atoms with Gasteiger partial charge in [-0.1, -0.05) is 17.7 Å². The van der Waals surface area contributed by atoms with Crippen molar-refractivity contribution in [3.63, 3.8) is 0 Å². The van der Waals surface area contributed by atoms with E-state index >= 15 is 0 Å². The fraction of sp³-hybridized carbons (Fsp3) is 0.579. The Morgan fingerprint density at radius 2 is 2.03 bits per heavy atom. The summed E-state index contributed by atoms with van der Waals surface area (Å²) in [6.07, 6.45) is 7.21. The number of allylic oxidation sites excluding steroid dienone is 1. The number of rotatable bonds is 7. The zero-order valence-corrected chi connectivity index (χ0v) is 17.9. The van der Waals surface area contributed by atoms with Crippen LogP contribution in [0, 0.1) is 0 Å². The highest BCUT2D eigenvalue weighted by Gasteiger charge is 2.35. The number of ether oxygens (including phenoxy) is 1. The number of thiophene rings is 1. The molecule has 1 saturated heterocycles. The third-order valence-electron chi connectivity index (χ3n) is 4.97. The Hall–Kier alpha value is -1.75. The molecular formula is C19H27N3O5S2. The van der Waals surface area contributed by atoms with Crippen LogP contribution in [0.4, 0.5) is 0 Å². The Morgan fingerprint density at radius 3 is 2.76 bits per heavy atom. The highest BCUT2D eigenvalue weighted by Crippen LogP contribution is 2.25. The van der Waals surface area contributed by atoms with Gasteiger partial charge in [0.1, 0.15) is 10.4 Å². The third-order valence-corrected chi connectivity index (χ3v) is 8.23. The van der Waals surface area contributed by atoms with Crippen molar-refractivity contribution in [3.8, 4) is 0 Å². The van der Waals surface area contributed by atoms with Gasteiger partial charge in [0.15, 0.2) is 0 Å². The molecule has 1 aliphatic carbocycles. The van der Waals surface area contributed by atoms with Gasteiger partial charge in [-0.25, -0.2) is 8.42 Å². The van der Waals surface area contributed by atoms with Gasteiger partial charge in [0, 0.05) is 13.1 Å². The largest absolute Gasteiger partial charge is 0.360 e. The summed E-state index contributed by atoms with van der Waals surface area (Å²) in [5.74, 6) is -1.50. The quantitative estimate of drug-likeness (QED) is 0.494. The SMILES string of the molecule is O=C(NCCC1=CCCCC1)C(=O)NC[C@@H]1OCCCN1S(=O)(=O)c1cccs1. The molecule has 0 aromatic carbocycles. The third kappa shape index (κ3) is 5.88. The first-order valence-electron chi connectivity index (χ1n) is 9.89. The summed E-state index contributed by atoms with van der Waals surface area (Å²) in [4.78, 5) is 24.1. The molecule has 0 saturated carbocycles. The molecule has 0 radical (unpaired) electrons. The molecule has 1 atom stereocenters. The van der Waals surface area contributed by atoms with E-state index in [1.807, 2.05) is 0 Å². The van der Waals surface area contributed by atoms with E-state index in [0.29, 0.717) is 26.1 Å². The lowest BCUT2D eigenvalue weighted by molar-refractivity contribution is -0.140. The highest BCUT2D eigenvalue weighted by atomic mass is 32.2. The summed E-state index contributed by atoms with van der Waals surface area (Å²) in [7, 11) is -3.69. The van der Waals surface area contributed by atoms with E-state index in [4.69, 9.17) is 4.74 Å².